The first kappa shape index (κ1) is 25.5. The van der Waals surface area contributed by atoms with Gasteiger partial charge in [-0.1, -0.05) is 18.2 Å². The number of aromatic nitrogens is 2. The molecular formula is C29H29N3O5S. The van der Waals surface area contributed by atoms with Crippen LogP contribution in [-0.4, -0.2) is 36.7 Å². The van der Waals surface area contributed by atoms with Gasteiger partial charge in [0.25, 0.3) is 0 Å². The van der Waals surface area contributed by atoms with Crippen molar-refractivity contribution < 1.29 is 22.7 Å². The number of methoxy groups -OCH3 is 1. The molecule has 0 spiro atoms. The third-order valence-corrected chi connectivity index (χ3v) is 8.20. The molecule has 1 N–H and O–H groups in total. The van der Waals surface area contributed by atoms with E-state index in [2.05, 4.69) is 10.3 Å². The molecule has 0 atom stereocenters. The van der Waals surface area contributed by atoms with Gasteiger partial charge >= 0.3 is 0 Å². The molecule has 1 aliphatic rings. The summed E-state index contributed by atoms with van der Waals surface area (Å²) < 4.78 is 38.3. The lowest BCUT2D eigenvalue weighted by molar-refractivity contribution is -0.115. The van der Waals surface area contributed by atoms with E-state index in [9.17, 15) is 13.2 Å². The van der Waals surface area contributed by atoms with Gasteiger partial charge in [-0.25, -0.2) is 13.4 Å². The Morgan fingerprint density at radius 2 is 1.82 bits per heavy atom. The van der Waals surface area contributed by atoms with Crippen LogP contribution in [0.2, 0.25) is 0 Å². The van der Waals surface area contributed by atoms with Crippen LogP contribution in [0.15, 0.2) is 84.1 Å². The van der Waals surface area contributed by atoms with Crippen molar-refractivity contribution in [2.75, 3.05) is 18.2 Å². The lowest BCUT2D eigenvalue weighted by Gasteiger charge is -2.15. The number of aryl methyl sites for hydroxylation is 1. The highest BCUT2D eigenvalue weighted by Crippen LogP contribution is 2.34. The average Bonchev–Trinajstić information content (AvgIpc) is 3.60. The van der Waals surface area contributed by atoms with E-state index in [4.69, 9.17) is 9.47 Å². The number of anilines is 1. The molecule has 0 unspecified atom stereocenters. The molecule has 4 aromatic rings. The molecule has 0 saturated heterocycles. The first-order chi connectivity index (χ1) is 18.3. The fourth-order valence-electron chi connectivity index (χ4n) is 4.13. The van der Waals surface area contributed by atoms with Crippen LogP contribution < -0.4 is 14.8 Å². The summed E-state index contributed by atoms with van der Waals surface area (Å²) in [5.74, 6) is 2.03. The largest absolute Gasteiger partial charge is 0.497 e. The maximum atomic E-state index is 12.8. The van der Waals surface area contributed by atoms with Crippen LogP contribution >= 0.6 is 0 Å². The number of carbonyl (C=O) groups excluding carboxylic acids is 1. The van der Waals surface area contributed by atoms with Crippen LogP contribution in [0.25, 0.3) is 5.69 Å². The van der Waals surface area contributed by atoms with Gasteiger partial charge in [0, 0.05) is 24.0 Å². The van der Waals surface area contributed by atoms with Crippen molar-refractivity contribution in [3.8, 4) is 22.9 Å². The zero-order valence-corrected chi connectivity index (χ0v) is 22.1. The van der Waals surface area contributed by atoms with Crippen molar-refractivity contribution in [1.29, 1.82) is 0 Å². The monoisotopic (exact) mass is 531 g/mol. The molecule has 1 aliphatic carbocycles. The van der Waals surface area contributed by atoms with E-state index in [0.29, 0.717) is 27.8 Å². The molecule has 0 bridgehead atoms. The molecular weight excluding hydrogens is 502 g/mol. The van der Waals surface area contributed by atoms with E-state index in [0.717, 1.165) is 29.8 Å². The normalized spacial score (nSPS) is 13.2. The minimum atomic E-state index is -3.28. The van der Waals surface area contributed by atoms with Crippen LogP contribution in [0.5, 0.6) is 17.2 Å². The number of nitrogens with zero attached hydrogens (tertiary/aromatic N) is 2. The van der Waals surface area contributed by atoms with Gasteiger partial charge in [0.15, 0.2) is 15.6 Å². The fourth-order valence-corrected chi connectivity index (χ4v) is 5.82. The number of nitrogens with one attached hydrogen (secondary N) is 1. The molecule has 1 fully saturated rings. The Balaban J connectivity index is 1.32. The number of hydrogen-bond donors (Lipinski definition) is 1. The third-order valence-electron chi connectivity index (χ3n) is 6.30. The van der Waals surface area contributed by atoms with E-state index in [1.54, 1.807) is 55.9 Å². The number of hydrogen-bond acceptors (Lipinski definition) is 6. The van der Waals surface area contributed by atoms with Gasteiger partial charge < -0.3 is 19.4 Å². The molecule has 3 aromatic carbocycles. The van der Waals surface area contributed by atoms with E-state index in [1.165, 1.54) is 0 Å². The Bertz CT molecular complexity index is 1560. The van der Waals surface area contributed by atoms with E-state index in [-0.39, 0.29) is 24.0 Å². The van der Waals surface area contributed by atoms with Gasteiger partial charge in [0.2, 0.25) is 5.91 Å². The smallest absolute Gasteiger partial charge is 0.228 e. The Hall–Kier alpha value is -4.11. The van der Waals surface area contributed by atoms with Gasteiger partial charge in [0.1, 0.15) is 11.5 Å². The predicted octanol–water partition coefficient (Wildman–Crippen LogP) is 5.35. The van der Waals surface area contributed by atoms with E-state index >= 15 is 0 Å². The maximum Gasteiger partial charge on any atom is 0.228 e. The number of sulfone groups is 1. The highest BCUT2D eigenvalue weighted by Gasteiger charge is 2.29. The van der Waals surface area contributed by atoms with Crippen LogP contribution in [-0.2, 0) is 21.1 Å². The molecule has 5 rings (SSSR count). The van der Waals surface area contributed by atoms with Crippen LogP contribution in [0.1, 0.15) is 24.1 Å². The van der Waals surface area contributed by atoms with Crippen molar-refractivity contribution in [2.24, 2.45) is 5.92 Å². The lowest BCUT2D eigenvalue weighted by Crippen LogP contribution is -2.15. The van der Waals surface area contributed by atoms with Crippen LogP contribution in [0.3, 0.4) is 0 Å². The zero-order chi connectivity index (χ0) is 26.7. The van der Waals surface area contributed by atoms with Crippen LogP contribution in [0.4, 0.5) is 5.69 Å². The predicted molar refractivity (Wildman–Crippen MR) is 145 cm³/mol. The summed E-state index contributed by atoms with van der Waals surface area (Å²) in [6.07, 6.45) is 5.66. The topological polar surface area (TPSA) is 99.5 Å². The molecule has 8 nitrogen and oxygen atoms in total. The summed E-state index contributed by atoms with van der Waals surface area (Å²) in [4.78, 5) is 17.4. The highest BCUT2D eigenvalue weighted by molar-refractivity contribution is 7.91. The van der Waals surface area contributed by atoms with Crippen molar-refractivity contribution in [2.45, 2.75) is 31.1 Å². The van der Waals surface area contributed by atoms with Crippen molar-refractivity contribution in [3.63, 3.8) is 0 Å². The van der Waals surface area contributed by atoms with E-state index in [1.807, 2.05) is 42.0 Å². The van der Waals surface area contributed by atoms with Crippen molar-refractivity contribution in [1.82, 2.24) is 9.55 Å². The molecule has 1 amide bonds. The number of imidazole rings is 1. The number of rotatable bonds is 10. The maximum absolute atomic E-state index is 12.8. The summed E-state index contributed by atoms with van der Waals surface area (Å²) in [5.41, 5.74) is 2.92. The van der Waals surface area contributed by atoms with Crippen LogP contribution in [0, 0.1) is 12.8 Å². The number of carbonyl (C=O) groups is 1. The summed E-state index contributed by atoms with van der Waals surface area (Å²) >= 11 is 0. The summed E-state index contributed by atoms with van der Waals surface area (Å²) in [7, 11) is -1.69. The molecule has 196 valence electrons. The molecule has 1 saturated carbocycles. The summed E-state index contributed by atoms with van der Waals surface area (Å²) in [6, 6.07) is 19.2. The zero-order valence-electron chi connectivity index (χ0n) is 21.3. The van der Waals surface area contributed by atoms with Gasteiger partial charge in [-0.05, 0) is 67.6 Å². The standard InChI is InChI=1S/C29H29N3O5S/c1-20-17-32(19-30-20)27-13-10-23(15-28(27)37-25-5-3-4-24(16-25)36-2)31-29(33)14-21-8-11-26(12-9-21)38(34,35)18-22-6-7-22/h3-5,8-13,15-17,19,22H,6-7,14,18H2,1-2H3,(H,31,33). The molecule has 1 aromatic heterocycles. The Kier molecular flexibility index (Phi) is 7.20. The minimum Gasteiger partial charge on any atom is -0.497 e. The van der Waals surface area contributed by atoms with Gasteiger partial charge in [-0.15, -0.1) is 0 Å². The molecule has 38 heavy (non-hydrogen) atoms. The molecule has 9 heteroatoms. The fraction of sp³-hybridized carbons (Fsp3) is 0.241. The van der Waals surface area contributed by atoms with Crippen molar-refractivity contribution >= 4 is 21.4 Å². The number of amides is 1. The van der Waals surface area contributed by atoms with Crippen molar-refractivity contribution in [3.05, 3.63) is 90.5 Å². The third kappa shape index (κ3) is 6.23. The van der Waals surface area contributed by atoms with Gasteiger partial charge in [-0.2, -0.15) is 0 Å². The van der Waals surface area contributed by atoms with E-state index < -0.39 is 9.84 Å². The molecule has 1 heterocycles. The minimum absolute atomic E-state index is 0.109. The molecule has 0 aliphatic heterocycles. The summed E-state index contributed by atoms with van der Waals surface area (Å²) in [6.45, 7) is 1.91. The molecule has 0 radical (unpaired) electrons. The quantitative estimate of drug-likeness (QED) is 0.296. The summed E-state index contributed by atoms with van der Waals surface area (Å²) in [5, 5.41) is 2.92. The number of ether oxygens (including phenoxy) is 2. The second kappa shape index (κ2) is 10.7. The second-order valence-electron chi connectivity index (χ2n) is 9.48. The van der Waals surface area contributed by atoms with Gasteiger partial charge in [-0.3, -0.25) is 4.79 Å². The second-order valence-corrected chi connectivity index (χ2v) is 11.5. The SMILES string of the molecule is COc1cccc(Oc2cc(NC(=O)Cc3ccc(S(=O)(=O)CC4CC4)cc3)ccc2-n2cnc(C)c2)c1. The lowest BCUT2D eigenvalue weighted by atomic mass is 10.1. The Morgan fingerprint density at radius 3 is 2.50 bits per heavy atom. The Morgan fingerprint density at radius 1 is 1.05 bits per heavy atom. The first-order valence-electron chi connectivity index (χ1n) is 12.4. The highest BCUT2D eigenvalue weighted by atomic mass is 32.2. The first-order valence-corrected chi connectivity index (χ1v) is 14.0. The van der Waals surface area contributed by atoms with Gasteiger partial charge in [0.05, 0.1) is 41.9 Å². The average molecular weight is 532 g/mol. The Labute approximate surface area is 222 Å². The number of benzene rings is 3.